The first kappa shape index (κ1) is 8.54. The van der Waals surface area contributed by atoms with Gasteiger partial charge in [-0.15, -0.1) is 0 Å². The van der Waals surface area contributed by atoms with E-state index in [4.69, 9.17) is 0 Å². The van der Waals surface area contributed by atoms with Crippen LogP contribution in [0, 0.1) is 6.92 Å². The van der Waals surface area contributed by atoms with Crippen molar-refractivity contribution in [2.24, 2.45) is 0 Å². The summed E-state index contributed by atoms with van der Waals surface area (Å²) in [5.41, 5.74) is 3.99. The van der Waals surface area contributed by atoms with Gasteiger partial charge in [-0.1, -0.05) is 13.8 Å². The summed E-state index contributed by atoms with van der Waals surface area (Å²) in [6.45, 7) is 7.59. The molecule has 1 aliphatic rings. The molecule has 1 N–H and O–H groups in total. The van der Waals surface area contributed by atoms with Crippen molar-refractivity contribution in [2.75, 3.05) is 11.9 Å². The van der Waals surface area contributed by atoms with Crippen LogP contribution in [0.15, 0.2) is 6.07 Å². The third-order valence-corrected chi connectivity index (χ3v) is 2.63. The first-order valence-corrected chi connectivity index (χ1v) is 4.93. The van der Waals surface area contributed by atoms with E-state index in [1.54, 1.807) is 0 Å². The zero-order chi connectivity index (χ0) is 9.42. The van der Waals surface area contributed by atoms with Gasteiger partial charge in [0.2, 0.25) is 0 Å². The monoisotopic (exact) mass is 176 g/mol. The molecule has 1 aromatic heterocycles. The van der Waals surface area contributed by atoms with Crippen LogP contribution in [0.4, 0.5) is 5.82 Å². The highest BCUT2D eigenvalue weighted by atomic mass is 15.0. The standard InChI is InChI=1S/C11H16N2/c1-7(2)10-6-8(3)9-4-5-12-11(9)13-10/h6-7H,4-5H2,1-3H3,(H,12,13). The van der Waals surface area contributed by atoms with Gasteiger partial charge in [-0.25, -0.2) is 4.98 Å². The number of nitrogens with zero attached hydrogens (tertiary/aromatic N) is 1. The quantitative estimate of drug-likeness (QED) is 0.711. The topological polar surface area (TPSA) is 24.9 Å². The van der Waals surface area contributed by atoms with Crippen LogP contribution in [-0.4, -0.2) is 11.5 Å². The van der Waals surface area contributed by atoms with Gasteiger partial charge in [0.15, 0.2) is 0 Å². The van der Waals surface area contributed by atoms with Crippen molar-refractivity contribution in [2.45, 2.75) is 33.1 Å². The predicted molar refractivity (Wildman–Crippen MR) is 55.3 cm³/mol. The smallest absolute Gasteiger partial charge is 0.129 e. The van der Waals surface area contributed by atoms with E-state index >= 15 is 0 Å². The average molecular weight is 176 g/mol. The molecule has 2 nitrogen and oxygen atoms in total. The highest BCUT2D eigenvalue weighted by Crippen LogP contribution is 2.26. The molecule has 0 bridgehead atoms. The first-order chi connectivity index (χ1) is 6.18. The molecule has 0 saturated carbocycles. The van der Waals surface area contributed by atoms with Crippen LogP contribution < -0.4 is 5.32 Å². The van der Waals surface area contributed by atoms with Crippen molar-refractivity contribution in [1.29, 1.82) is 0 Å². The Morgan fingerprint density at radius 2 is 2.23 bits per heavy atom. The molecule has 1 aliphatic heterocycles. The number of hydrogen-bond acceptors (Lipinski definition) is 2. The van der Waals surface area contributed by atoms with Crippen LogP contribution >= 0.6 is 0 Å². The molecule has 0 spiro atoms. The SMILES string of the molecule is Cc1cc(C(C)C)nc2c1CCN2. The predicted octanol–water partition coefficient (Wildman–Crippen LogP) is 2.48. The molecule has 2 heteroatoms. The second-order valence-corrected chi connectivity index (χ2v) is 4.02. The first-order valence-electron chi connectivity index (χ1n) is 4.93. The molecule has 70 valence electrons. The van der Waals surface area contributed by atoms with E-state index in [9.17, 15) is 0 Å². The van der Waals surface area contributed by atoms with Crippen LogP contribution in [0.25, 0.3) is 0 Å². The number of aryl methyl sites for hydroxylation is 1. The third-order valence-electron chi connectivity index (χ3n) is 2.63. The van der Waals surface area contributed by atoms with E-state index in [0.29, 0.717) is 5.92 Å². The summed E-state index contributed by atoms with van der Waals surface area (Å²) in [5.74, 6) is 1.63. The summed E-state index contributed by atoms with van der Waals surface area (Å²) < 4.78 is 0. The summed E-state index contributed by atoms with van der Waals surface area (Å²) in [4.78, 5) is 4.60. The Morgan fingerprint density at radius 3 is 2.92 bits per heavy atom. The molecule has 2 rings (SSSR count). The van der Waals surface area contributed by atoms with Gasteiger partial charge in [0.1, 0.15) is 5.82 Å². The van der Waals surface area contributed by atoms with Gasteiger partial charge >= 0.3 is 0 Å². The van der Waals surface area contributed by atoms with Crippen molar-refractivity contribution in [3.8, 4) is 0 Å². The van der Waals surface area contributed by atoms with E-state index in [1.165, 1.54) is 16.8 Å². The number of anilines is 1. The second kappa shape index (κ2) is 3.02. The van der Waals surface area contributed by atoms with Gasteiger partial charge < -0.3 is 5.32 Å². The second-order valence-electron chi connectivity index (χ2n) is 4.02. The maximum atomic E-state index is 4.60. The number of rotatable bonds is 1. The van der Waals surface area contributed by atoms with E-state index in [-0.39, 0.29) is 0 Å². The van der Waals surface area contributed by atoms with Gasteiger partial charge in [-0.05, 0) is 36.5 Å². The van der Waals surface area contributed by atoms with Crippen molar-refractivity contribution in [3.63, 3.8) is 0 Å². The fraction of sp³-hybridized carbons (Fsp3) is 0.545. The Balaban J connectivity index is 2.49. The van der Waals surface area contributed by atoms with Crippen LogP contribution in [0.1, 0.15) is 36.6 Å². The van der Waals surface area contributed by atoms with E-state index in [0.717, 1.165) is 18.8 Å². The summed E-state index contributed by atoms with van der Waals surface area (Å²) in [6.07, 6.45) is 1.13. The molecule has 13 heavy (non-hydrogen) atoms. The van der Waals surface area contributed by atoms with Crippen molar-refractivity contribution >= 4 is 5.82 Å². The van der Waals surface area contributed by atoms with Gasteiger partial charge in [0.25, 0.3) is 0 Å². The number of pyridine rings is 1. The minimum absolute atomic E-state index is 0.520. The van der Waals surface area contributed by atoms with Crippen molar-refractivity contribution in [3.05, 3.63) is 22.9 Å². The zero-order valence-corrected chi connectivity index (χ0v) is 8.52. The lowest BCUT2D eigenvalue weighted by atomic mass is 10.0. The Morgan fingerprint density at radius 1 is 1.46 bits per heavy atom. The fourth-order valence-corrected chi connectivity index (χ4v) is 1.79. The Labute approximate surface area is 79.4 Å². The molecule has 0 atom stereocenters. The molecule has 0 unspecified atom stereocenters. The highest BCUT2D eigenvalue weighted by molar-refractivity contribution is 5.53. The van der Waals surface area contributed by atoms with Crippen LogP contribution in [0.3, 0.4) is 0 Å². The van der Waals surface area contributed by atoms with E-state index in [2.05, 4.69) is 37.1 Å². The summed E-state index contributed by atoms with van der Waals surface area (Å²) in [7, 11) is 0. The lowest BCUT2D eigenvalue weighted by Crippen LogP contribution is -1.99. The average Bonchev–Trinajstić information content (AvgIpc) is 2.51. The molecule has 0 amide bonds. The third kappa shape index (κ3) is 1.41. The van der Waals surface area contributed by atoms with Gasteiger partial charge in [0, 0.05) is 12.2 Å². The molecule has 0 fully saturated rings. The molecular weight excluding hydrogens is 160 g/mol. The molecule has 0 aromatic carbocycles. The minimum atomic E-state index is 0.520. The summed E-state index contributed by atoms with van der Waals surface area (Å²) in [6, 6.07) is 2.22. The van der Waals surface area contributed by atoms with E-state index < -0.39 is 0 Å². The van der Waals surface area contributed by atoms with Crippen LogP contribution in [0.2, 0.25) is 0 Å². The molecule has 0 aliphatic carbocycles. The lowest BCUT2D eigenvalue weighted by molar-refractivity contribution is 0.821. The van der Waals surface area contributed by atoms with Gasteiger partial charge in [0.05, 0.1) is 0 Å². The Kier molecular flexibility index (Phi) is 1.98. The number of nitrogens with one attached hydrogen (secondary N) is 1. The lowest BCUT2D eigenvalue weighted by Gasteiger charge is -2.09. The number of aromatic nitrogens is 1. The molecule has 2 heterocycles. The molecule has 1 aromatic rings. The minimum Gasteiger partial charge on any atom is -0.369 e. The Bertz CT molecular complexity index is 329. The largest absolute Gasteiger partial charge is 0.369 e. The van der Waals surface area contributed by atoms with Gasteiger partial charge in [-0.3, -0.25) is 0 Å². The number of fused-ring (bicyclic) bond motifs is 1. The zero-order valence-electron chi connectivity index (χ0n) is 8.52. The van der Waals surface area contributed by atoms with Crippen LogP contribution in [0.5, 0.6) is 0 Å². The summed E-state index contributed by atoms with van der Waals surface area (Å²) >= 11 is 0. The van der Waals surface area contributed by atoms with E-state index in [1.807, 2.05) is 0 Å². The maximum Gasteiger partial charge on any atom is 0.129 e. The van der Waals surface area contributed by atoms with Crippen molar-refractivity contribution < 1.29 is 0 Å². The number of hydrogen-bond donors (Lipinski definition) is 1. The molecular formula is C11H16N2. The Hall–Kier alpha value is -1.05. The fourth-order valence-electron chi connectivity index (χ4n) is 1.79. The summed E-state index contributed by atoms with van der Waals surface area (Å²) in [5, 5.41) is 3.33. The highest BCUT2D eigenvalue weighted by Gasteiger charge is 2.15. The molecule has 0 saturated heterocycles. The molecule has 0 radical (unpaired) electrons. The normalized spacial score (nSPS) is 14.5. The van der Waals surface area contributed by atoms with Gasteiger partial charge in [-0.2, -0.15) is 0 Å². The van der Waals surface area contributed by atoms with Crippen molar-refractivity contribution in [1.82, 2.24) is 4.98 Å². The van der Waals surface area contributed by atoms with Crippen LogP contribution in [-0.2, 0) is 6.42 Å². The maximum absolute atomic E-state index is 4.60.